The molecular formula is C18H26N2O4. The lowest BCUT2D eigenvalue weighted by Gasteiger charge is -2.26. The van der Waals surface area contributed by atoms with Gasteiger partial charge in [0.2, 0.25) is 5.91 Å². The third kappa shape index (κ3) is 6.02. The number of amides is 2. The van der Waals surface area contributed by atoms with Gasteiger partial charge in [-0.2, -0.15) is 0 Å². The summed E-state index contributed by atoms with van der Waals surface area (Å²) < 4.78 is 5.22. The number of ether oxygens (including phenoxy) is 1. The lowest BCUT2D eigenvalue weighted by Crippen LogP contribution is -2.49. The predicted octanol–water partition coefficient (Wildman–Crippen LogP) is 3.38. The highest BCUT2D eigenvalue weighted by Gasteiger charge is 2.28. The molecular weight excluding hydrogens is 308 g/mol. The average Bonchev–Trinajstić information content (AvgIpc) is 2.50. The molecule has 0 fully saturated rings. The molecule has 24 heavy (non-hydrogen) atoms. The smallest absolute Gasteiger partial charge is 0.408 e. The SMILES string of the molecule is CC[C@H](C)[C@H](NC(=O)OC(C)(C)C)C(=O)Nc1ccccc1C=O. The van der Waals surface area contributed by atoms with Gasteiger partial charge in [-0.3, -0.25) is 9.59 Å². The van der Waals surface area contributed by atoms with Crippen LogP contribution in [0.3, 0.4) is 0 Å². The van der Waals surface area contributed by atoms with E-state index in [0.29, 0.717) is 24.0 Å². The number of aldehydes is 1. The molecule has 0 aliphatic carbocycles. The molecule has 0 radical (unpaired) electrons. The van der Waals surface area contributed by atoms with Crippen molar-refractivity contribution in [1.29, 1.82) is 0 Å². The zero-order valence-electron chi connectivity index (χ0n) is 14.9. The van der Waals surface area contributed by atoms with Crippen LogP contribution in [-0.4, -0.2) is 29.9 Å². The third-order valence-electron chi connectivity index (χ3n) is 3.51. The monoisotopic (exact) mass is 334 g/mol. The molecule has 0 saturated heterocycles. The summed E-state index contributed by atoms with van der Waals surface area (Å²) in [5, 5.41) is 5.32. The van der Waals surface area contributed by atoms with Crippen LogP contribution in [0.15, 0.2) is 24.3 Å². The fourth-order valence-corrected chi connectivity index (χ4v) is 2.06. The van der Waals surface area contributed by atoms with Gasteiger partial charge >= 0.3 is 6.09 Å². The first kappa shape index (κ1) is 19.7. The fraction of sp³-hybridized carbons (Fsp3) is 0.500. The second-order valence-electron chi connectivity index (χ2n) is 6.70. The molecule has 0 aliphatic heterocycles. The summed E-state index contributed by atoms with van der Waals surface area (Å²) >= 11 is 0. The van der Waals surface area contributed by atoms with Crippen molar-refractivity contribution < 1.29 is 19.1 Å². The van der Waals surface area contributed by atoms with Gasteiger partial charge in [0, 0.05) is 5.56 Å². The molecule has 1 aromatic rings. The number of carbonyl (C=O) groups excluding carboxylic acids is 3. The number of carbonyl (C=O) groups is 3. The van der Waals surface area contributed by atoms with Crippen molar-refractivity contribution in [1.82, 2.24) is 5.32 Å². The molecule has 0 aromatic heterocycles. The Bertz CT molecular complexity index is 593. The van der Waals surface area contributed by atoms with Gasteiger partial charge in [-0.1, -0.05) is 32.4 Å². The van der Waals surface area contributed by atoms with E-state index in [0.717, 1.165) is 0 Å². The minimum Gasteiger partial charge on any atom is -0.444 e. The van der Waals surface area contributed by atoms with Gasteiger partial charge in [0.05, 0.1) is 5.69 Å². The van der Waals surface area contributed by atoms with Gasteiger partial charge < -0.3 is 15.4 Å². The van der Waals surface area contributed by atoms with Gasteiger partial charge in [-0.15, -0.1) is 0 Å². The molecule has 1 rings (SSSR count). The second kappa shape index (κ2) is 8.47. The van der Waals surface area contributed by atoms with E-state index in [1.807, 2.05) is 13.8 Å². The summed E-state index contributed by atoms with van der Waals surface area (Å²) in [5.74, 6) is -0.481. The van der Waals surface area contributed by atoms with Crippen molar-refractivity contribution in [2.75, 3.05) is 5.32 Å². The van der Waals surface area contributed by atoms with Crippen molar-refractivity contribution in [3.63, 3.8) is 0 Å². The number of para-hydroxylation sites is 1. The molecule has 1 aromatic carbocycles. The van der Waals surface area contributed by atoms with Gasteiger partial charge in [0.1, 0.15) is 11.6 Å². The number of nitrogens with one attached hydrogen (secondary N) is 2. The van der Waals surface area contributed by atoms with Crippen molar-refractivity contribution in [2.24, 2.45) is 5.92 Å². The largest absolute Gasteiger partial charge is 0.444 e. The number of benzene rings is 1. The average molecular weight is 334 g/mol. The number of anilines is 1. The van der Waals surface area contributed by atoms with Gasteiger partial charge in [-0.05, 0) is 38.8 Å². The normalized spacial score (nSPS) is 13.5. The van der Waals surface area contributed by atoms with Gasteiger partial charge in [0.15, 0.2) is 6.29 Å². The first-order chi connectivity index (χ1) is 11.2. The first-order valence-corrected chi connectivity index (χ1v) is 8.02. The quantitative estimate of drug-likeness (QED) is 0.781. The molecule has 0 spiro atoms. The zero-order chi connectivity index (χ0) is 18.3. The standard InChI is InChI=1S/C18H26N2O4/c1-6-12(2)15(20-17(23)24-18(3,4)5)16(22)19-14-10-8-7-9-13(14)11-21/h7-12,15H,6H2,1-5H3,(H,19,22)(H,20,23)/t12-,15-/m0/s1. The molecule has 132 valence electrons. The Hall–Kier alpha value is -2.37. The molecule has 0 heterocycles. The molecule has 2 atom stereocenters. The van der Waals surface area contributed by atoms with Crippen LogP contribution in [0.2, 0.25) is 0 Å². The lowest BCUT2D eigenvalue weighted by molar-refractivity contribution is -0.119. The number of hydrogen-bond acceptors (Lipinski definition) is 4. The Morgan fingerprint density at radius 1 is 1.25 bits per heavy atom. The van der Waals surface area contributed by atoms with E-state index in [-0.39, 0.29) is 11.8 Å². The predicted molar refractivity (Wildman–Crippen MR) is 93.1 cm³/mol. The molecule has 0 saturated carbocycles. The Morgan fingerprint density at radius 3 is 2.42 bits per heavy atom. The van der Waals surface area contributed by atoms with E-state index >= 15 is 0 Å². The van der Waals surface area contributed by atoms with Crippen LogP contribution in [0.4, 0.5) is 10.5 Å². The Balaban J connectivity index is 2.89. The van der Waals surface area contributed by atoms with E-state index in [9.17, 15) is 14.4 Å². The maximum atomic E-state index is 12.6. The van der Waals surface area contributed by atoms with Gasteiger partial charge in [0.25, 0.3) is 0 Å². The molecule has 6 heteroatoms. The van der Waals surface area contributed by atoms with Crippen LogP contribution >= 0.6 is 0 Å². The highest BCUT2D eigenvalue weighted by molar-refractivity contribution is 6.00. The highest BCUT2D eigenvalue weighted by Crippen LogP contribution is 2.16. The molecule has 2 N–H and O–H groups in total. The van der Waals surface area contributed by atoms with Crippen molar-refractivity contribution in [3.05, 3.63) is 29.8 Å². The van der Waals surface area contributed by atoms with Crippen LogP contribution in [0.25, 0.3) is 0 Å². The van der Waals surface area contributed by atoms with E-state index in [1.54, 1.807) is 45.0 Å². The molecule has 0 unspecified atom stereocenters. The summed E-state index contributed by atoms with van der Waals surface area (Å²) in [7, 11) is 0. The Labute approximate surface area is 143 Å². The lowest BCUT2D eigenvalue weighted by atomic mass is 9.98. The molecule has 0 aliphatic rings. The maximum Gasteiger partial charge on any atom is 0.408 e. The van der Waals surface area contributed by atoms with Crippen molar-refractivity contribution in [3.8, 4) is 0 Å². The zero-order valence-corrected chi connectivity index (χ0v) is 14.9. The van der Waals surface area contributed by atoms with Crippen LogP contribution in [0.5, 0.6) is 0 Å². The Morgan fingerprint density at radius 2 is 1.88 bits per heavy atom. The van der Waals surface area contributed by atoms with E-state index < -0.39 is 17.7 Å². The van der Waals surface area contributed by atoms with Gasteiger partial charge in [-0.25, -0.2) is 4.79 Å². The molecule has 0 bridgehead atoms. The topological polar surface area (TPSA) is 84.5 Å². The van der Waals surface area contributed by atoms with E-state index in [4.69, 9.17) is 4.74 Å². The van der Waals surface area contributed by atoms with Crippen LogP contribution in [-0.2, 0) is 9.53 Å². The fourth-order valence-electron chi connectivity index (χ4n) is 2.06. The second-order valence-corrected chi connectivity index (χ2v) is 6.70. The summed E-state index contributed by atoms with van der Waals surface area (Å²) in [6, 6.07) is 5.93. The molecule has 6 nitrogen and oxygen atoms in total. The number of hydrogen-bond donors (Lipinski definition) is 2. The van der Waals surface area contributed by atoms with E-state index in [1.165, 1.54) is 0 Å². The molecule has 2 amide bonds. The van der Waals surface area contributed by atoms with E-state index in [2.05, 4.69) is 10.6 Å². The minimum atomic E-state index is -0.760. The van der Waals surface area contributed by atoms with Crippen LogP contribution in [0, 0.1) is 5.92 Å². The van der Waals surface area contributed by atoms with Crippen molar-refractivity contribution >= 4 is 24.0 Å². The number of alkyl carbamates (subject to hydrolysis) is 1. The summed E-state index contributed by atoms with van der Waals surface area (Å²) in [5.41, 5.74) is 0.146. The van der Waals surface area contributed by atoms with Crippen LogP contribution in [0.1, 0.15) is 51.4 Å². The minimum absolute atomic E-state index is 0.0964. The van der Waals surface area contributed by atoms with Crippen molar-refractivity contribution in [2.45, 2.75) is 52.7 Å². The number of rotatable bonds is 6. The first-order valence-electron chi connectivity index (χ1n) is 8.02. The van der Waals surface area contributed by atoms with Crippen LogP contribution < -0.4 is 10.6 Å². The Kier molecular flexibility index (Phi) is 6.95. The highest BCUT2D eigenvalue weighted by atomic mass is 16.6. The summed E-state index contributed by atoms with van der Waals surface area (Å²) in [6.45, 7) is 9.07. The maximum absolute atomic E-state index is 12.6. The summed E-state index contributed by atoms with van der Waals surface area (Å²) in [4.78, 5) is 35.6. The summed E-state index contributed by atoms with van der Waals surface area (Å²) in [6.07, 6.45) is 0.727. The third-order valence-corrected chi connectivity index (χ3v) is 3.51.